The van der Waals surface area contributed by atoms with E-state index in [1.807, 2.05) is 12.1 Å². The Morgan fingerprint density at radius 1 is 1.53 bits per heavy atom. The van der Waals surface area contributed by atoms with Crippen molar-refractivity contribution in [1.82, 2.24) is 0 Å². The molecule has 0 radical (unpaired) electrons. The van der Waals surface area contributed by atoms with Crippen LogP contribution in [0.25, 0.3) is 0 Å². The third kappa shape index (κ3) is 2.37. The second kappa shape index (κ2) is 3.76. The van der Waals surface area contributed by atoms with Crippen LogP contribution in [0.5, 0.6) is 0 Å². The number of hydrogen-bond acceptors (Lipinski definition) is 3. The van der Waals surface area contributed by atoms with Crippen molar-refractivity contribution in [3.8, 4) is 0 Å². The van der Waals surface area contributed by atoms with Gasteiger partial charge in [-0.05, 0) is 24.5 Å². The van der Waals surface area contributed by atoms with E-state index in [9.17, 15) is 0 Å². The molecule has 1 saturated carbocycles. The topological polar surface area (TPSA) is 89.9 Å². The Labute approximate surface area is 87.9 Å². The van der Waals surface area contributed by atoms with Gasteiger partial charge in [0.25, 0.3) is 0 Å². The first-order valence-electron chi connectivity index (χ1n) is 4.88. The smallest absolute Gasteiger partial charge is 0.211 e. The first kappa shape index (κ1) is 9.76. The summed E-state index contributed by atoms with van der Waals surface area (Å²) in [6, 6.07) is 3.84. The first-order valence-corrected chi connectivity index (χ1v) is 4.88. The van der Waals surface area contributed by atoms with Crippen LogP contribution in [0, 0.1) is 5.92 Å². The number of nitrogens with two attached hydrogens (primary N) is 2. The van der Waals surface area contributed by atoms with E-state index in [0.717, 1.165) is 11.7 Å². The average Bonchev–Trinajstić information content (AvgIpc) is 2.73. The predicted molar refractivity (Wildman–Crippen MR) is 58.6 cm³/mol. The number of hydrogen-bond donors (Lipinski definition) is 2. The van der Waals surface area contributed by atoms with Gasteiger partial charge in [-0.3, -0.25) is 0 Å². The average molecular weight is 206 g/mol. The molecule has 1 aliphatic rings. The molecule has 1 heterocycles. The Kier molecular flexibility index (Phi) is 2.45. The van der Waals surface area contributed by atoms with E-state index in [1.54, 1.807) is 0 Å². The first-order chi connectivity index (χ1) is 7.16. The lowest BCUT2D eigenvalue weighted by Gasteiger charge is -1.89. The molecule has 5 heteroatoms. The van der Waals surface area contributed by atoms with E-state index in [2.05, 4.69) is 17.1 Å². The van der Waals surface area contributed by atoms with Crippen molar-refractivity contribution in [3.63, 3.8) is 0 Å². The van der Waals surface area contributed by atoms with Crippen molar-refractivity contribution in [2.45, 2.75) is 19.3 Å². The van der Waals surface area contributed by atoms with Crippen LogP contribution in [0.2, 0.25) is 0 Å². The van der Waals surface area contributed by atoms with Gasteiger partial charge in [0.2, 0.25) is 5.96 Å². The van der Waals surface area contributed by atoms with E-state index >= 15 is 0 Å². The van der Waals surface area contributed by atoms with Crippen molar-refractivity contribution < 1.29 is 4.42 Å². The minimum atomic E-state index is -0.0613. The lowest BCUT2D eigenvalue weighted by atomic mass is 10.3. The summed E-state index contributed by atoms with van der Waals surface area (Å²) in [7, 11) is 0. The van der Waals surface area contributed by atoms with E-state index in [4.69, 9.17) is 15.9 Å². The van der Waals surface area contributed by atoms with Crippen LogP contribution >= 0.6 is 0 Å². The Balaban J connectivity index is 2.01. The molecule has 1 aromatic heterocycles. The minimum absolute atomic E-state index is 0.0613. The van der Waals surface area contributed by atoms with E-state index in [1.165, 1.54) is 12.6 Å². The van der Waals surface area contributed by atoms with Gasteiger partial charge in [-0.2, -0.15) is 5.10 Å². The van der Waals surface area contributed by atoms with Crippen molar-refractivity contribution >= 4 is 12.2 Å². The van der Waals surface area contributed by atoms with Crippen LogP contribution in [-0.2, 0) is 0 Å². The van der Waals surface area contributed by atoms with Gasteiger partial charge in [0.1, 0.15) is 11.5 Å². The number of nitrogens with zero attached hydrogens (tertiary/aromatic N) is 2. The van der Waals surface area contributed by atoms with Gasteiger partial charge in [-0.1, -0.05) is 6.92 Å². The predicted octanol–water partition coefficient (Wildman–Crippen LogP) is 1.01. The third-order valence-corrected chi connectivity index (χ3v) is 2.48. The summed E-state index contributed by atoms with van der Waals surface area (Å²) in [5.74, 6) is 2.95. The van der Waals surface area contributed by atoms with Crippen LogP contribution in [0.15, 0.2) is 26.8 Å². The Morgan fingerprint density at radius 2 is 2.27 bits per heavy atom. The molecule has 0 saturated heterocycles. The van der Waals surface area contributed by atoms with Gasteiger partial charge in [0.15, 0.2) is 0 Å². The van der Waals surface area contributed by atoms with Crippen LogP contribution in [0.1, 0.15) is 30.8 Å². The highest BCUT2D eigenvalue weighted by Crippen LogP contribution is 2.47. The monoisotopic (exact) mass is 206 g/mol. The zero-order valence-corrected chi connectivity index (χ0v) is 8.55. The normalized spacial score (nSPS) is 24.3. The number of rotatable bonds is 3. The van der Waals surface area contributed by atoms with Gasteiger partial charge < -0.3 is 15.9 Å². The Morgan fingerprint density at radius 3 is 2.87 bits per heavy atom. The second-order valence-electron chi connectivity index (χ2n) is 3.83. The maximum Gasteiger partial charge on any atom is 0.211 e. The summed E-state index contributed by atoms with van der Waals surface area (Å²) in [4.78, 5) is 0. The van der Waals surface area contributed by atoms with Gasteiger partial charge in [0, 0.05) is 5.92 Å². The zero-order chi connectivity index (χ0) is 10.8. The van der Waals surface area contributed by atoms with Crippen molar-refractivity contribution in [3.05, 3.63) is 23.7 Å². The fraction of sp³-hybridized carbons (Fsp3) is 0.400. The van der Waals surface area contributed by atoms with Crippen LogP contribution in [0.3, 0.4) is 0 Å². The summed E-state index contributed by atoms with van der Waals surface area (Å²) in [6.07, 6.45) is 2.70. The maximum absolute atomic E-state index is 5.56. The molecule has 80 valence electrons. The molecule has 1 fully saturated rings. The Hall–Kier alpha value is -1.78. The molecule has 1 aliphatic carbocycles. The highest BCUT2D eigenvalue weighted by Gasteiger charge is 2.36. The lowest BCUT2D eigenvalue weighted by Crippen LogP contribution is -2.21. The molecule has 15 heavy (non-hydrogen) atoms. The quantitative estimate of drug-likeness (QED) is 0.439. The van der Waals surface area contributed by atoms with Gasteiger partial charge >= 0.3 is 0 Å². The SMILES string of the molecule is C[C@@H]1C[C@@H]1c1ccc(/C=N/N=C(N)N)o1. The summed E-state index contributed by atoms with van der Waals surface area (Å²) in [5.41, 5.74) is 10.2. The minimum Gasteiger partial charge on any atom is -0.460 e. The second-order valence-corrected chi connectivity index (χ2v) is 3.83. The molecule has 0 aromatic carbocycles. The highest BCUT2D eigenvalue weighted by molar-refractivity contribution is 5.79. The molecule has 0 amide bonds. The molecule has 0 spiro atoms. The number of guanidine groups is 1. The summed E-state index contributed by atoms with van der Waals surface area (Å²) >= 11 is 0. The summed E-state index contributed by atoms with van der Waals surface area (Å²) < 4.78 is 5.56. The van der Waals surface area contributed by atoms with Crippen molar-refractivity contribution in [2.24, 2.45) is 27.6 Å². The molecule has 2 rings (SSSR count). The van der Waals surface area contributed by atoms with Crippen LogP contribution in [0.4, 0.5) is 0 Å². The molecule has 0 aliphatic heterocycles. The standard InChI is InChI=1S/C10H14N4O/c1-6-4-8(6)9-3-2-7(15-9)5-13-14-10(11)12/h2-3,5-6,8H,4H2,1H3,(H4,11,12,14)/b13-5+/t6-,8+/m1/s1. The highest BCUT2D eigenvalue weighted by atomic mass is 16.3. The molecular weight excluding hydrogens is 192 g/mol. The van der Waals surface area contributed by atoms with E-state index < -0.39 is 0 Å². The fourth-order valence-corrected chi connectivity index (χ4v) is 1.51. The maximum atomic E-state index is 5.56. The molecule has 0 bridgehead atoms. The zero-order valence-electron chi connectivity index (χ0n) is 8.55. The van der Waals surface area contributed by atoms with E-state index in [0.29, 0.717) is 11.7 Å². The molecule has 1 aromatic rings. The summed E-state index contributed by atoms with van der Waals surface area (Å²) in [6.45, 7) is 2.21. The van der Waals surface area contributed by atoms with Crippen molar-refractivity contribution in [1.29, 1.82) is 0 Å². The van der Waals surface area contributed by atoms with E-state index in [-0.39, 0.29) is 5.96 Å². The van der Waals surface area contributed by atoms with Crippen LogP contribution < -0.4 is 11.5 Å². The van der Waals surface area contributed by atoms with Gasteiger partial charge in [0.05, 0.1) is 6.21 Å². The van der Waals surface area contributed by atoms with Crippen molar-refractivity contribution in [2.75, 3.05) is 0 Å². The molecule has 2 atom stereocenters. The van der Waals surface area contributed by atoms with Crippen LogP contribution in [-0.4, -0.2) is 12.2 Å². The molecule has 0 unspecified atom stereocenters. The largest absolute Gasteiger partial charge is 0.460 e. The van der Waals surface area contributed by atoms with Gasteiger partial charge in [-0.25, -0.2) is 0 Å². The molecule has 4 N–H and O–H groups in total. The van der Waals surface area contributed by atoms with Gasteiger partial charge in [-0.15, -0.1) is 5.10 Å². The lowest BCUT2D eigenvalue weighted by molar-refractivity contribution is 0.500. The third-order valence-electron chi connectivity index (χ3n) is 2.48. The Bertz CT molecular complexity index is 403. The molecular formula is C10H14N4O. The number of furan rings is 1. The molecule has 5 nitrogen and oxygen atoms in total. The fourth-order valence-electron chi connectivity index (χ4n) is 1.51. The summed E-state index contributed by atoms with van der Waals surface area (Å²) in [5, 5.41) is 7.16.